The first-order valence-corrected chi connectivity index (χ1v) is 14.0. The molecule has 0 radical (unpaired) electrons. The Kier molecular flexibility index (Phi) is 6.97. The van der Waals surface area contributed by atoms with Crippen molar-refractivity contribution in [2.45, 2.75) is 143 Å². The molecule has 0 aromatic carbocycles. The van der Waals surface area contributed by atoms with Crippen molar-refractivity contribution in [3.8, 4) is 0 Å². The number of fused-ring (bicyclic) bond motifs is 3. The first kappa shape index (κ1) is 26.4. The highest BCUT2D eigenvalue weighted by Gasteiger charge is 2.68. The fraction of sp³-hybridized carbons (Fsp3) is 0.900. The van der Waals surface area contributed by atoms with Gasteiger partial charge < -0.3 is 14.6 Å². The van der Waals surface area contributed by atoms with Crippen LogP contribution in [0.5, 0.6) is 0 Å². The molecule has 4 heteroatoms. The maximum absolute atomic E-state index is 12.5. The molecule has 1 N–H and O–H groups in total. The van der Waals surface area contributed by atoms with Gasteiger partial charge in [-0.15, -0.1) is 0 Å². The zero-order valence-corrected chi connectivity index (χ0v) is 23.1. The number of aliphatic hydroxyl groups is 1. The van der Waals surface area contributed by atoms with E-state index in [1.165, 1.54) is 12.0 Å². The summed E-state index contributed by atoms with van der Waals surface area (Å²) in [5, 5.41) is 10.7. The van der Waals surface area contributed by atoms with Crippen molar-refractivity contribution in [1.82, 2.24) is 0 Å². The van der Waals surface area contributed by atoms with Crippen molar-refractivity contribution >= 4 is 5.78 Å². The average Bonchev–Trinajstić information content (AvgIpc) is 2.89. The molecule has 0 amide bonds. The van der Waals surface area contributed by atoms with Crippen LogP contribution in [-0.4, -0.2) is 40.4 Å². The van der Waals surface area contributed by atoms with Gasteiger partial charge in [-0.2, -0.15) is 0 Å². The Morgan fingerprint density at radius 3 is 2.32 bits per heavy atom. The van der Waals surface area contributed by atoms with E-state index in [9.17, 15) is 9.90 Å². The van der Waals surface area contributed by atoms with Crippen LogP contribution in [-0.2, 0) is 14.3 Å². The molecule has 4 nitrogen and oxygen atoms in total. The average molecular weight is 475 g/mol. The summed E-state index contributed by atoms with van der Waals surface area (Å²) in [6, 6.07) is 0. The number of hydrogen-bond acceptors (Lipinski definition) is 4. The van der Waals surface area contributed by atoms with Crippen LogP contribution in [0.2, 0.25) is 0 Å². The minimum Gasteiger partial charge on any atom is -0.390 e. The van der Waals surface area contributed by atoms with E-state index in [1.54, 1.807) is 0 Å². The molecule has 2 aliphatic carbocycles. The summed E-state index contributed by atoms with van der Waals surface area (Å²) in [6.07, 6.45) is 11.1. The van der Waals surface area contributed by atoms with Crippen molar-refractivity contribution in [2.24, 2.45) is 28.6 Å². The fourth-order valence-electron chi connectivity index (χ4n) is 7.88. The molecule has 0 aromatic heterocycles. The molecule has 0 spiro atoms. The topological polar surface area (TPSA) is 55.8 Å². The summed E-state index contributed by atoms with van der Waals surface area (Å²) in [5.74, 6) is 1.57. The summed E-state index contributed by atoms with van der Waals surface area (Å²) < 4.78 is 13.3. The van der Waals surface area contributed by atoms with Gasteiger partial charge in [0.15, 0.2) is 0 Å². The van der Waals surface area contributed by atoms with Crippen LogP contribution in [0.25, 0.3) is 0 Å². The zero-order chi connectivity index (χ0) is 25.1. The number of hydrogen-bond donors (Lipinski definition) is 1. The second-order valence-electron chi connectivity index (χ2n) is 13.5. The van der Waals surface area contributed by atoms with Gasteiger partial charge in [-0.1, -0.05) is 47.6 Å². The van der Waals surface area contributed by atoms with Gasteiger partial charge in [0, 0.05) is 17.8 Å². The quantitative estimate of drug-likeness (QED) is 0.420. The molecule has 2 saturated carbocycles. The van der Waals surface area contributed by atoms with E-state index in [-0.39, 0.29) is 28.5 Å². The van der Waals surface area contributed by atoms with E-state index in [4.69, 9.17) is 9.47 Å². The summed E-state index contributed by atoms with van der Waals surface area (Å²) >= 11 is 0. The van der Waals surface area contributed by atoms with Gasteiger partial charge in [-0.05, 0) is 88.0 Å². The van der Waals surface area contributed by atoms with Crippen LogP contribution in [0.15, 0.2) is 11.6 Å². The Bertz CT molecular complexity index is 815. The maximum atomic E-state index is 12.5. The Labute approximate surface area is 208 Å². The fourth-order valence-corrected chi connectivity index (χ4v) is 7.88. The van der Waals surface area contributed by atoms with Gasteiger partial charge in [0.05, 0.1) is 29.5 Å². The van der Waals surface area contributed by atoms with Gasteiger partial charge in [0.1, 0.15) is 5.78 Å². The van der Waals surface area contributed by atoms with Crippen LogP contribution in [0.4, 0.5) is 0 Å². The standard InChI is InChI=1S/C30H50O4/c1-19(2)23(31)15-16-29(8)26-14-10-21(4)30(29,34-26)18-17-28(7)20(3)9-12-24-22(28)11-13-25(32)27(5,6)33-24/h11,19-21,24-26,32H,9-10,12-18H2,1-8H3/t20-,21+,24-,25-,26-,28-,29+,30-/m1/s1. The normalized spacial score (nSPS) is 45.7. The van der Waals surface area contributed by atoms with Crippen LogP contribution < -0.4 is 0 Å². The third-order valence-electron chi connectivity index (χ3n) is 11.0. The molecule has 3 heterocycles. The second-order valence-corrected chi connectivity index (χ2v) is 13.5. The largest absolute Gasteiger partial charge is 0.390 e. The maximum Gasteiger partial charge on any atom is 0.135 e. The monoisotopic (exact) mass is 474 g/mol. The van der Waals surface area contributed by atoms with Crippen molar-refractivity contribution in [2.75, 3.05) is 0 Å². The molecule has 8 atom stereocenters. The summed E-state index contributed by atoms with van der Waals surface area (Å²) in [5.41, 5.74) is 0.872. The molecule has 2 saturated heterocycles. The molecule has 2 bridgehead atoms. The number of rotatable bonds is 7. The number of Topliss-reactive ketones (excluding diaryl/α,β-unsaturated/α-hetero) is 1. The van der Waals surface area contributed by atoms with Gasteiger partial charge in [0.2, 0.25) is 0 Å². The first-order valence-electron chi connectivity index (χ1n) is 14.0. The molecule has 5 aliphatic rings. The Morgan fingerprint density at radius 2 is 1.68 bits per heavy atom. The van der Waals surface area contributed by atoms with E-state index in [2.05, 4.69) is 33.8 Å². The molecule has 5 rings (SSSR count). The van der Waals surface area contributed by atoms with Gasteiger partial charge >= 0.3 is 0 Å². The lowest BCUT2D eigenvalue weighted by atomic mass is 9.49. The van der Waals surface area contributed by atoms with E-state index in [0.29, 0.717) is 36.6 Å². The summed E-state index contributed by atoms with van der Waals surface area (Å²) in [7, 11) is 0. The van der Waals surface area contributed by atoms with Crippen molar-refractivity contribution in [1.29, 1.82) is 0 Å². The van der Waals surface area contributed by atoms with Gasteiger partial charge in [-0.25, -0.2) is 0 Å². The van der Waals surface area contributed by atoms with Crippen LogP contribution >= 0.6 is 0 Å². The predicted molar refractivity (Wildman–Crippen MR) is 137 cm³/mol. The summed E-state index contributed by atoms with van der Waals surface area (Å²) in [4.78, 5) is 12.5. The van der Waals surface area contributed by atoms with E-state index < -0.39 is 11.7 Å². The molecular weight excluding hydrogens is 424 g/mol. The number of carbonyl (C=O) groups excluding carboxylic acids is 1. The molecule has 0 aromatic rings. The Balaban J connectivity index is 1.57. The van der Waals surface area contributed by atoms with Crippen molar-refractivity contribution in [3.63, 3.8) is 0 Å². The molecule has 4 fully saturated rings. The van der Waals surface area contributed by atoms with Gasteiger partial charge in [0.25, 0.3) is 0 Å². The highest BCUT2D eigenvalue weighted by atomic mass is 16.5. The second kappa shape index (κ2) is 8.99. The van der Waals surface area contributed by atoms with E-state index in [0.717, 1.165) is 38.5 Å². The van der Waals surface area contributed by atoms with E-state index >= 15 is 0 Å². The summed E-state index contributed by atoms with van der Waals surface area (Å²) in [6.45, 7) is 17.7. The number of ether oxygens (including phenoxy) is 2. The Morgan fingerprint density at radius 1 is 1.00 bits per heavy atom. The lowest BCUT2D eigenvalue weighted by molar-refractivity contribution is -0.365. The highest BCUT2D eigenvalue weighted by molar-refractivity contribution is 5.80. The minimum absolute atomic E-state index is 0.0398. The predicted octanol–water partition coefficient (Wildman–Crippen LogP) is 6.64. The van der Waals surface area contributed by atoms with Gasteiger partial charge in [-0.3, -0.25) is 4.79 Å². The number of carbonyl (C=O) groups is 1. The SMILES string of the molecule is CC(C)C(=O)CC[C@@]1(C)[C@H]2CC[C@H](C)[C@@]1(CC[C@@]1(C)C3=CC[C@@H](O)C(C)(C)O[C@@H]3CC[C@H]1C)O2. The van der Waals surface area contributed by atoms with Crippen LogP contribution in [0, 0.1) is 28.6 Å². The minimum atomic E-state index is -0.521. The number of ketones is 1. The first-order chi connectivity index (χ1) is 15.8. The van der Waals surface area contributed by atoms with Crippen molar-refractivity contribution < 1.29 is 19.4 Å². The molecular formula is C30H50O4. The number of aliphatic hydroxyl groups excluding tert-OH is 1. The smallest absolute Gasteiger partial charge is 0.135 e. The Hall–Kier alpha value is -0.710. The third-order valence-corrected chi connectivity index (χ3v) is 11.0. The molecule has 0 unspecified atom stereocenters. The molecule has 194 valence electrons. The third kappa shape index (κ3) is 4.04. The molecule has 34 heavy (non-hydrogen) atoms. The lowest BCUT2D eigenvalue weighted by Crippen LogP contribution is -2.73. The van der Waals surface area contributed by atoms with Crippen molar-refractivity contribution in [3.05, 3.63) is 11.6 Å². The van der Waals surface area contributed by atoms with E-state index in [1.807, 2.05) is 27.7 Å². The van der Waals surface area contributed by atoms with Crippen LogP contribution in [0.3, 0.4) is 0 Å². The molecule has 3 aliphatic heterocycles. The lowest BCUT2D eigenvalue weighted by Gasteiger charge is -2.70. The van der Waals surface area contributed by atoms with Crippen LogP contribution in [0.1, 0.15) is 113 Å². The highest BCUT2D eigenvalue weighted by Crippen LogP contribution is 2.65. The zero-order valence-electron chi connectivity index (χ0n) is 23.1.